The van der Waals surface area contributed by atoms with Crippen LogP contribution in [0.25, 0.3) is 16.9 Å². The number of phenolic OH excluding ortho intramolecular Hbond substituents is 1. The Kier molecular flexibility index (Phi) is 9.12. The van der Waals surface area contributed by atoms with Gasteiger partial charge in [-0.15, -0.1) is 0 Å². The van der Waals surface area contributed by atoms with E-state index in [1.807, 2.05) is 12.1 Å². The highest BCUT2D eigenvalue weighted by Gasteiger charge is 2.64. The molecule has 0 saturated heterocycles. The molecule has 45 heavy (non-hydrogen) atoms. The first-order valence-electron chi connectivity index (χ1n) is 14.1. The van der Waals surface area contributed by atoms with Crippen molar-refractivity contribution in [2.24, 2.45) is 17.6 Å². The number of carbonyl (C=O) groups excluding carboxylic acids is 3. The van der Waals surface area contributed by atoms with Gasteiger partial charge in [0.1, 0.15) is 28.6 Å². The minimum absolute atomic E-state index is 0. The molecule has 0 unspecified atom stereocenters. The van der Waals surface area contributed by atoms with Gasteiger partial charge in [-0.3, -0.25) is 19.3 Å². The normalized spacial score (nSPS) is 24.0. The number of aliphatic hydroxyl groups excluding tert-OH is 2. The Balaban J connectivity index is 0.00000461. The molecule has 5 rings (SSSR count). The average molecular weight is 619 g/mol. The van der Waals surface area contributed by atoms with Gasteiger partial charge in [0.05, 0.1) is 24.8 Å². The van der Waals surface area contributed by atoms with Crippen LogP contribution >= 0.6 is 0 Å². The molecule has 0 aromatic heterocycles. The summed E-state index contributed by atoms with van der Waals surface area (Å²) in [4.78, 5) is 41.0. The van der Waals surface area contributed by atoms with Crippen LogP contribution in [0.1, 0.15) is 37.0 Å². The number of likely N-dealkylation sites (N-methyl/N-ethyl adjacent to an activating group) is 1. The van der Waals surface area contributed by atoms with Crippen molar-refractivity contribution in [1.82, 2.24) is 10.2 Å². The summed E-state index contributed by atoms with van der Waals surface area (Å²) >= 11 is 0. The van der Waals surface area contributed by atoms with Crippen LogP contribution in [-0.2, 0) is 27.3 Å². The molecule has 12 heteroatoms. The second-order valence-electron chi connectivity index (χ2n) is 11.6. The van der Waals surface area contributed by atoms with E-state index in [0.29, 0.717) is 42.0 Å². The minimum atomic E-state index is -2.70. The number of phenols is 1. The molecule has 0 radical (unpaired) electrons. The number of aliphatic hydroxyl groups is 3. The third kappa shape index (κ3) is 5.12. The Labute approximate surface area is 261 Å². The zero-order valence-corrected chi connectivity index (χ0v) is 24.5. The number of nitrogens with two attached hydrogens (primary N) is 1. The topological polar surface area (TPSA) is 206 Å². The number of benzene rings is 2. The second-order valence-corrected chi connectivity index (χ2v) is 11.6. The number of ether oxygens (including phenoxy) is 1. The van der Waals surface area contributed by atoms with E-state index in [-0.39, 0.29) is 37.2 Å². The Morgan fingerprint density at radius 2 is 1.89 bits per heavy atom. The Hall–Kier alpha value is -4.70. The van der Waals surface area contributed by atoms with Gasteiger partial charge < -0.3 is 36.2 Å². The summed E-state index contributed by atoms with van der Waals surface area (Å²) < 4.78 is 5.65. The number of nitriles is 1. The van der Waals surface area contributed by atoms with Crippen molar-refractivity contribution in [3.8, 4) is 28.7 Å². The smallest absolute Gasteiger partial charge is 0.255 e. The summed E-state index contributed by atoms with van der Waals surface area (Å²) in [6, 6.07) is 9.58. The van der Waals surface area contributed by atoms with Gasteiger partial charge in [-0.25, -0.2) is 0 Å². The van der Waals surface area contributed by atoms with Gasteiger partial charge in [0, 0.05) is 36.6 Å². The highest BCUT2D eigenvalue weighted by Crippen LogP contribution is 2.54. The van der Waals surface area contributed by atoms with Crippen LogP contribution in [0.5, 0.6) is 11.5 Å². The molecular weight excluding hydrogens is 580 g/mol. The highest BCUT2D eigenvalue weighted by atomic mass is 16.5. The predicted molar refractivity (Wildman–Crippen MR) is 165 cm³/mol. The van der Waals surface area contributed by atoms with Crippen molar-refractivity contribution in [2.75, 3.05) is 27.7 Å². The highest BCUT2D eigenvalue weighted by molar-refractivity contribution is 6.24. The lowest BCUT2D eigenvalue weighted by molar-refractivity contribution is -0.153. The molecule has 238 valence electrons. The summed E-state index contributed by atoms with van der Waals surface area (Å²) in [6.07, 6.45) is 0.489. The number of primary amides is 1. The number of Topliss-reactive ketones (excluding diaryl/α,β-unsaturated/α-hetero) is 2. The van der Waals surface area contributed by atoms with Crippen LogP contribution in [-0.4, -0.2) is 82.2 Å². The molecule has 2 aromatic rings. The molecule has 1 fully saturated rings. The minimum Gasteiger partial charge on any atom is -0.508 e. The monoisotopic (exact) mass is 618 g/mol. The second kappa shape index (κ2) is 12.4. The van der Waals surface area contributed by atoms with Crippen molar-refractivity contribution >= 4 is 23.2 Å². The molecular formula is C33H38N4O8. The molecule has 0 heterocycles. The van der Waals surface area contributed by atoms with E-state index in [9.17, 15) is 34.8 Å². The van der Waals surface area contributed by atoms with Crippen LogP contribution in [0.2, 0.25) is 0 Å². The van der Waals surface area contributed by atoms with E-state index in [0.717, 1.165) is 5.56 Å². The zero-order valence-electron chi connectivity index (χ0n) is 24.5. The van der Waals surface area contributed by atoms with Gasteiger partial charge >= 0.3 is 0 Å². The first-order valence-corrected chi connectivity index (χ1v) is 14.1. The molecule has 1 amide bonds. The van der Waals surface area contributed by atoms with Crippen molar-refractivity contribution in [1.29, 1.82) is 5.26 Å². The van der Waals surface area contributed by atoms with Crippen LogP contribution in [0.3, 0.4) is 0 Å². The molecule has 12 nitrogen and oxygen atoms in total. The van der Waals surface area contributed by atoms with Crippen molar-refractivity contribution in [3.05, 3.63) is 63.9 Å². The van der Waals surface area contributed by atoms with Gasteiger partial charge in [0.25, 0.3) is 5.91 Å². The largest absolute Gasteiger partial charge is 0.508 e. The Morgan fingerprint density at radius 3 is 2.51 bits per heavy atom. The number of nitrogens with one attached hydrogen (secondary N) is 1. The van der Waals surface area contributed by atoms with Gasteiger partial charge in [0.15, 0.2) is 11.4 Å². The maximum absolute atomic E-state index is 14.1. The first-order chi connectivity index (χ1) is 20.9. The Morgan fingerprint density at radius 1 is 1.18 bits per heavy atom. The molecule has 0 bridgehead atoms. The van der Waals surface area contributed by atoms with Gasteiger partial charge in [-0.2, -0.15) is 5.26 Å². The molecule has 0 aliphatic heterocycles. The number of amides is 1. The standard InChI is InChI=1S/C32H34N4O8.CH4/c1-36(2)26-20-13-16-12-19-17(18-11-15(5-8-22(18)44-3)14-35-10-4-9-33)6-7-21(37)24(19)27(38)23(16)29(40)32(20,43)30(41)25(28(26)39)31(34)42;/h5-8,11,16,20,26,35,37-38,41,43H,4,10,12-14H2,1-3H3,(H2,34,42);1H4/t16-,20-,26-,32-;/m0./s1. The maximum Gasteiger partial charge on any atom is 0.255 e. The number of ketones is 2. The third-order valence-corrected chi connectivity index (χ3v) is 8.90. The van der Waals surface area contributed by atoms with Crippen molar-refractivity contribution < 1.29 is 39.5 Å². The van der Waals surface area contributed by atoms with Crippen LogP contribution in [0.15, 0.2) is 47.2 Å². The van der Waals surface area contributed by atoms with E-state index in [4.69, 9.17) is 15.7 Å². The van der Waals surface area contributed by atoms with Gasteiger partial charge in [0.2, 0.25) is 5.78 Å². The summed E-state index contributed by atoms with van der Waals surface area (Å²) in [5.74, 6) is -6.49. The number of fused-ring (bicyclic) bond motifs is 3. The summed E-state index contributed by atoms with van der Waals surface area (Å²) in [7, 11) is 4.63. The van der Waals surface area contributed by atoms with Crippen LogP contribution < -0.4 is 15.8 Å². The van der Waals surface area contributed by atoms with E-state index < -0.39 is 58.0 Å². The number of methoxy groups -OCH3 is 1. The van der Waals surface area contributed by atoms with E-state index >= 15 is 0 Å². The number of rotatable bonds is 8. The fourth-order valence-corrected chi connectivity index (χ4v) is 6.95. The SMILES string of the molecule is C.COc1ccc(CNCCC#N)cc1-c1ccc(O)c2c1C[C@H]1C[C@H]3[C@H](N(C)C)C(=O)C(C(N)=O)=C(O)[C@@]3(O)C(=O)C1=C2O. The predicted octanol–water partition coefficient (Wildman–Crippen LogP) is 2.28. The number of aromatic hydroxyl groups is 1. The molecule has 1 saturated carbocycles. The fraction of sp³-hybridized carbons (Fsp3) is 0.394. The Bertz CT molecular complexity index is 1690. The molecule has 2 aromatic carbocycles. The maximum atomic E-state index is 14.1. The summed E-state index contributed by atoms with van der Waals surface area (Å²) in [6.45, 7) is 0.995. The lowest BCUT2D eigenvalue weighted by Gasteiger charge is -2.50. The molecule has 4 atom stereocenters. The zero-order chi connectivity index (χ0) is 32.1. The summed E-state index contributed by atoms with van der Waals surface area (Å²) in [5.41, 5.74) is 4.35. The lowest BCUT2D eigenvalue weighted by Crippen LogP contribution is -2.65. The summed E-state index contributed by atoms with van der Waals surface area (Å²) in [5, 5.41) is 57.3. The number of hydrogen-bond donors (Lipinski definition) is 6. The number of carbonyl (C=O) groups is 3. The fourth-order valence-electron chi connectivity index (χ4n) is 6.95. The van der Waals surface area contributed by atoms with E-state index in [1.165, 1.54) is 18.1 Å². The third-order valence-electron chi connectivity index (χ3n) is 8.90. The van der Waals surface area contributed by atoms with Crippen molar-refractivity contribution in [3.63, 3.8) is 0 Å². The average Bonchev–Trinajstić information content (AvgIpc) is 2.97. The van der Waals surface area contributed by atoms with Crippen LogP contribution in [0, 0.1) is 23.2 Å². The quantitative estimate of drug-likeness (QED) is 0.187. The first kappa shape index (κ1) is 33.2. The number of nitrogens with zero attached hydrogens (tertiary/aromatic N) is 2. The van der Waals surface area contributed by atoms with E-state index in [1.54, 1.807) is 26.2 Å². The molecule has 7 N–H and O–H groups in total. The van der Waals surface area contributed by atoms with Crippen LogP contribution in [0.4, 0.5) is 0 Å². The van der Waals surface area contributed by atoms with E-state index in [2.05, 4.69) is 11.4 Å². The van der Waals surface area contributed by atoms with Gasteiger partial charge in [-0.05, 0) is 67.7 Å². The van der Waals surface area contributed by atoms with Gasteiger partial charge in [-0.1, -0.05) is 19.6 Å². The lowest BCUT2D eigenvalue weighted by atomic mass is 9.57. The van der Waals surface area contributed by atoms with Crippen molar-refractivity contribution in [2.45, 2.75) is 44.9 Å². The molecule has 3 aliphatic carbocycles. The number of hydrogen-bond acceptors (Lipinski definition) is 11. The molecule has 3 aliphatic rings. The molecule has 0 spiro atoms.